The molecule has 2 aromatic rings. The van der Waals surface area contributed by atoms with Crippen LogP contribution in [0.3, 0.4) is 0 Å². The Kier molecular flexibility index (Phi) is 3.05. The molecule has 0 aliphatic carbocycles. The van der Waals surface area contributed by atoms with Crippen molar-refractivity contribution in [1.82, 2.24) is 19.6 Å². The van der Waals surface area contributed by atoms with Crippen molar-refractivity contribution in [2.45, 2.75) is 24.5 Å². The van der Waals surface area contributed by atoms with Crippen LogP contribution in [0.1, 0.15) is 6.23 Å². The van der Waals surface area contributed by atoms with Gasteiger partial charge in [-0.25, -0.2) is 4.68 Å². The molecule has 3 heterocycles. The smallest absolute Gasteiger partial charge is 0.254 e. The summed E-state index contributed by atoms with van der Waals surface area (Å²) in [5, 5.41) is 36.5. The molecule has 0 spiro atoms. The number of hydrogen-bond acceptors (Lipinski definition) is 7. The molecule has 20 heavy (non-hydrogen) atoms. The van der Waals surface area contributed by atoms with E-state index in [4.69, 9.17) is 9.84 Å². The van der Waals surface area contributed by atoms with Gasteiger partial charge in [0.25, 0.3) is 5.56 Å². The Hall–Kier alpha value is -1.81. The first-order valence-corrected chi connectivity index (χ1v) is 6.08. The van der Waals surface area contributed by atoms with Gasteiger partial charge >= 0.3 is 0 Å². The number of aryl methyl sites for hydroxylation is 1. The predicted molar refractivity (Wildman–Crippen MR) is 65.8 cm³/mol. The molecule has 4 atom stereocenters. The number of hydrogen-bond donors (Lipinski definition) is 3. The third-order valence-electron chi connectivity index (χ3n) is 3.47. The van der Waals surface area contributed by atoms with E-state index in [0.717, 1.165) is 4.57 Å². The number of ether oxygens (including phenoxy) is 1. The van der Waals surface area contributed by atoms with Crippen molar-refractivity contribution in [1.29, 1.82) is 0 Å². The Morgan fingerprint density at radius 2 is 2.10 bits per heavy atom. The highest BCUT2D eigenvalue weighted by Crippen LogP contribution is 2.29. The molecule has 0 unspecified atom stereocenters. The average Bonchev–Trinajstić information content (AvgIpc) is 2.93. The third kappa shape index (κ3) is 1.75. The van der Waals surface area contributed by atoms with E-state index in [1.54, 1.807) is 13.1 Å². The van der Waals surface area contributed by atoms with Crippen molar-refractivity contribution in [3.05, 3.63) is 22.5 Å². The number of rotatable bonds is 2. The topological polar surface area (TPSA) is 123 Å². The maximum atomic E-state index is 12.0. The molecule has 0 radical (unpaired) electrons. The number of aliphatic hydroxyl groups is 3. The Bertz CT molecular complexity index is 696. The number of pyridine rings is 1. The maximum Gasteiger partial charge on any atom is 0.254 e. The van der Waals surface area contributed by atoms with E-state index in [-0.39, 0.29) is 5.65 Å². The first-order valence-electron chi connectivity index (χ1n) is 6.08. The SMILES string of the molecule is Cn1nnc2c1ccc(=O)n2[C@@H]1O[C@H](CO)[C@H](O)[C@H]1O. The van der Waals surface area contributed by atoms with Crippen LogP contribution in [0.2, 0.25) is 0 Å². The Morgan fingerprint density at radius 1 is 1.35 bits per heavy atom. The summed E-state index contributed by atoms with van der Waals surface area (Å²) < 4.78 is 7.96. The molecular weight excluding hydrogens is 268 g/mol. The zero-order chi connectivity index (χ0) is 14.4. The van der Waals surface area contributed by atoms with Crippen molar-refractivity contribution in [3.63, 3.8) is 0 Å². The lowest BCUT2D eigenvalue weighted by Gasteiger charge is -2.17. The summed E-state index contributed by atoms with van der Waals surface area (Å²) in [7, 11) is 1.67. The van der Waals surface area contributed by atoms with Crippen LogP contribution >= 0.6 is 0 Å². The number of aromatic nitrogens is 4. The average molecular weight is 282 g/mol. The van der Waals surface area contributed by atoms with Crippen molar-refractivity contribution in [2.24, 2.45) is 7.05 Å². The molecule has 0 bridgehead atoms. The molecule has 1 aliphatic heterocycles. The fraction of sp³-hybridized carbons (Fsp3) is 0.545. The van der Waals surface area contributed by atoms with Crippen LogP contribution in [-0.4, -0.2) is 59.8 Å². The first kappa shape index (κ1) is 13.2. The lowest BCUT2D eigenvalue weighted by atomic mass is 10.1. The van der Waals surface area contributed by atoms with Crippen molar-refractivity contribution in [2.75, 3.05) is 6.61 Å². The van der Waals surface area contributed by atoms with E-state index >= 15 is 0 Å². The van der Waals surface area contributed by atoms with Gasteiger partial charge in [-0.1, -0.05) is 5.21 Å². The Balaban J connectivity index is 2.15. The van der Waals surface area contributed by atoms with Crippen LogP contribution in [0.25, 0.3) is 11.2 Å². The van der Waals surface area contributed by atoms with E-state index in [0.29, 0.717) is 5.52 Å². The zero-order valence-electron chi connectivity index (χ0n) is 10.6. The summed E-state index contributed by atoms with van der Waals surface area (Å²) in [6.07, 6.45) is -4.68. The van der Waals surface area contributed by atoms with Crippen molar-refractivity contribution >= 4 is 11.2 Å². The molecule has 9 heteroatoms. The second-order valence-electron chi connectivity index (χ2n) is 4.69. The Morgan fingerprint density at radius 3 is 2.75 bits per heavy atom. The quantitative estimate of drug-likeness (QED) is 0.568. The fourth-order valence-electron chi connectivity index (χ4n) is 2.38. The van der Waals surface area contributed by atoms with Crippen molar-refractivity contribution < 1.29 is 20.1 Å². The first-order chi connectivity index (χ1) is 9.54. The minimum absolute atomic E-state index is 0.245. The molecule has 108 valence electrons. The van der Waals surface area contributed by atoms with Gasteiger partial charge in [0.1, 0.15) is 23.8 Å². The lowest BCUT2D eigenvalue weighted by Crippen LogP contribution is -2.35. The normalized spacial score (nSPS) is 30.2. The van der Waals surface area contributed by atoms with Gasteiger partial charge in [0, 0.05) is 13.1 Å². The molecule has 1 saturated heterocycles. The summed E-state index contributed by atoms with van der Waals surface area (Å²) in [5.41, 5.74) is 0.394. The van der Waals surface area contributed by atoms with Gasteiger partial charge in [-0.05, 0) is 6.07 Å². The molecule has 0 saturated carbocycles. The van der Waals surface area contributed by atoms with Crippen LogP contribution in [-0.2, 0) is 11.8 Å². The van der Waals surface area contributed by atoms with Gasteiger partial charge in [0.05, 0.1) is 6.61 Å². The van der Waals surface area contributed by atoms with Crippen molar-refractivity contribution in [3.8, 4) is 0 Å². The standard InChI is InChI=1S/C11H14N4O5/c1-14-5-2-3-7(17)15(10(5)12-13-14)11-9(19)8(18)6(4-16)20-11/h2-3,6,8-9,11,16,18-19H,4H2,1H3/t6-,8+,9-,11-/m1/s1. The lowest BCUT2D eigenvalue weighted by molar-refractivity contribution is -0.0524. The summed E-state index contributed by atoms with van der Waals surface area (Å²) in [5.74, 6) is 0. The van der Waals surface area contributed by atoms with Gasteiger partial charge in [-0.2, -0.15) is 0 Å². The Labute approximate surface area is 112 Å². The minimum atomic E-state index is -1.34. The fourth-order valence-corrected chi connectivity index (χ4v) is 2.38. The highest BCUT2D eigenvalue weighted by Gasteiger charge is 2.44. The third-order valence-corrected chi connectivity index (χ3v) is 3.47. The predicted octanol–water partition coefficient (Wildman–Crippen LogP) is -2.26. The van der Waals surface area contributed by atoms with E-state index in [1.165, 1.54) is 10.7 Å². The number of aliphatic hydroxyl groups excluding tert-OH is 3. The summed E-state index contributed by atoms with van der Waals surface area (Å²) in [6, 6.07) is 2.87. The second kappa shape index (κ2) is 4.63. The second-order valence-corrected chi connectivity index (χ2v) is 4.69. The molecular formula is C11H14N4O5. The molecule has 9 nitrogen and oxygen atoms in total. The summed E-state index contributed by atoms with van der Waals surface area (Å²) in [4.78, 5) is 12.0. The maximum absolute atomic E-state index is 12.0. The van der Waals surface area contributed by atoms with Gasteiger partial charge in [0.2, 0.25) is 0 Å². The van der Waals surface area contributed by atoms with Gasteiger partial charge in [0.15, 0.2) is 11.9 Å². The molecule has 3 N–H and O–H groups in total. The van der Waals surface area contributed by atoms with Crippen LogP contribution in [0.5, 0.6) is 0 Å². The number of nitrogens with zero attached hydrogens (tertiary/aromatic N) is 4. The highest BCUT2D eigenvalue weighted by molar-refractivity contribution is 5.70. The highest BCUT2D eigenvalue weighted by atomic mass is 16.6. The van der Waals surface area contributed by atoms with E-state index < -0.39 is 36.7 Å². The van der Waals surface area contributed by atoms with Gasteiger partial charge < -0.3 is 20.1 Å². The largest absolute Gasteiger partial charge is 0.394 e. The van der Waals surface area contributed by atoms with Gasteiger partial charge in [-0.3, -0.25) is 9.36 Å². The molecule has 1 fully saturated rings. The monoisotopic (exact) mass is 282 g/mol. The van der Waals surface area contributed by atoms with Crippen LogP contribution in [0.15, 0.2) is 16.9 Å². The minimum Gasteiger partial charge on any atom is -0.394 e. The molecule has 0 amide bonds. The zero-order valence-corrected chi connectivity index (χ0v) is 10.6. The van der Waals surface area contributed by atoms with E-state index in [9.17, 15) is 15.0 Å². The molecule has 2 aromatic heterocycles. The molecule has 3 rings (SSSR count). The molecule has 0 aromatic carbocycles. The summed E-state index contributed by atoms with van der Waals surface area (Å²) >= 11 is 0. The van der Waals surface area contributed by atoms with Crippen LogP contribution < -0.4 is 5.56 Å². The van der Waals surface area contributed by atoms with E-state index in [2.05, 4.69) is 10.3 Å². The summed E-state index contributed by atoms with van der Waals surface area (Å²) in [6.45, 7) is -0.458. The number of fused-ring (bicyclic) bond motifs is 1. The molecule has 1 aliphatic rings. The van der Waals surface area contributed by atoms with Crippen LogP contribution in [0.4, 0.5) is 0 Å². The van der Waals surface area contributed by atoms with Gasteiger partial charge in [-0.15, -0.1) is 5.10 Å². The van der Waals surface area contributed by atoms with E-state index in [1.807, 2.05) is 0 Å². The van der Waals surface area contributed by atoms with Crippen LogP contribution in [0, 0.1) is 0 Å².